The van der Waals surface area contributed by atoms with Crippen molar-refractivity contribution in [1.82, 2.24) is 10.3 Å². The molecule has 0 aromatic carbocycles. The maximum atomic E-state index is 12.4. The van der Waals surface area contributed by atoms with E-state index in [0.717, 1.165) is 6.42 Å². The molecule has 7 nitrogen and oxygen atoms in total. The van der Waals surface area contributed by atoms with Gasteiger partial charge in [-0.15, -0.1) is 0 Å². The molecule has 4 atom stereocenters. The van der Waals surface area contributed by atoms with Crippen molar-refractivity contribution >= 4 is 27.4 Å². The number of nitrogens with zero attached hydrogens (tertiary/aromatic N) is 2. The molecule has 0 radical (unpaired) electrons. The second kappa shape index (κ2) is 6.23. The van der Waals surface area contributed by atoms with Crippen LogP contribution >= 0.6 is 0 Å². The van der Waals surface area contributed by atoms with Crippen LogP contribution in [0.4, 0.5) is 0 Å². The lowest BCUT2D eigenvalue weighted by molar-refractivity contribution is -0.133. The van der Waals surface area contributed by atoms with Crippen LogP contribution in [-0.2, 0) is 19.4 Å². The summed E-state index contributed by atoms with van der Waals surface area (Å²) in [4.78, 5) is 24.5. The first-order valence-corrected chi connectivity index (χ1v) is 10.8. The Morgan fingerprint density at radius 3 is 2.76 bits per heavy atom. The van der Waals surface area contributed by atoms with Crippen molar-refractivity contribution in [1.29, 1.82) is 0 Å². The smallest absolute Gasteiger partial charge is 0.267 e. The summed E-state index contributed by atoms with van der Waals surface area (Å²) >= 11 is 0. The van der Waals surface area contributed by atoms with E-state index in [-0.39, 0.29) is 29.7 Å². The molecule has 0 aromatic heterocycles. The Labute approximate surface area is 147 Å². The average Bonchev–Trinajstić information content (AvgIpc) is 3.28. The van der Waals surface area contributed by atoms with E-state index >= 15 is 0 Å². The van der Waals surface area contributed by atoms with Crippen molar-refractivity contribution < 1.29 is 18.0 Å². The number of nitrogens with one attached hydrogen (secondary N) is 1. The Morgan fingerprint density at radius 2 is 2.12 bits per heavy atom. The van der Waals surface area contributed by atoms with Crippen LogP contribution in [0.2, 0.25) is 0 Å². The number of carbonyl (C=O) groups excluding carboxylic acids is 2. The minimum atomic E-state index is -3.10. The molecule has 0 unspecified atom stereocenters. The number of sulfone groups is 1. The lowest BCUT2D eigenvalue weighted by Gasteiger charge is -2.28. The Morgan fingerprint density at radius 1 is 1.28 bits per heavy atom. The molecule has 1 saturated heterocycles. The fourth-order valence-corrected chi connectivity index (χ4v) is 6.14. The van der Waals surface area contributed by atoms with Gasteiger partial charge in [-0.25, -0.2) is 13.4 Å². The highest BCUT2D eigenvalue weighted by Gasteiger charge is 2.38. The number of rotatable bonds is 4. The first-order valence-electron chi connectivity index (χ1n) is 8.98. The molecule has 2 amide bonds. The van der Waals surface area contributed by atoms with Gasteiger partial charge in [-0.1, -0.05) is 12.2 Å². The number of amides is 2. The highest BCUT2D eigenvalue weighted by molar-refractivity contribution is 7.91. The Balaban J connectivity index is 1.39. The Bertz CT molecular complexity index is 758. The molecule has 4 rings (SSSR count). The van der Waals surface area contributed by atoms with Gasteiger partial charge < -0.3 is 5.32 Å². The maximum absolute atomic E-state index is 12.4. The molecule has 25 heavy (non-hydrogen) atoms. The molecule has 4 aliphatic rings. The zero-order valence-corrected chi connectivity index (χ0v) is 14.9. The molecule has 136 valence electrons. The third kappa shape index (κ3) is 3.36. The van der Waals surface area contributed by atoms with E-state index in [4.69, 9.17) is 0 Å². The number of hydrazone groups is 1. The second-order valence-corrected chi connectivity index (χ2v) is 9.82. The van der Waals surface area contributed by atoms with E-state index in [1.54, 1.807) is 0 Å². The van der Waals surface area contributed by atoms with Gasteiger partial charge in [-0.3, -0.25) is 9.59 Å². The van der Waals surface area contributed by atoms with Crippen molar-refractivity contribution in [3.05, 3.63) is 12.2 Å². The fourth-order valence-electron chi connectivity index (χ4n) is 4.44. The minimum absolute atomic E-state index is 0.0609. The third-order valence-electron chi connectivity index (χ3n) is 5.82. The van der Waals surface area contributed by atoms with Crippen LogP contribution in [0.25, 0.3) is 0 Å². The van der Waals surface area contributed by atoms with Crippen molar-refractivity contribution in [2.75, 3.05) is 18.1 Å². The SMILES string of the molecule is O=C(NC[C@@H]1C[C@@H]2C=C[C@@H]1C2)C1=NN([C@@H]2CCS(=O)(=O)C2)C(=O)CC1. The first kappa shape index (κ1) is 16.8. The summed E-state index contributed by atoms with van der Waals surface area (Å²) in [5.74, 6) is 1.31. The molecule has 2 aliphatic carbocycles. The summed E-state index contributed by atoms with van der Waals surface area (Å²) in [6.45, 7) is 0.634. The topological polar surface area (TPSA) is 95.9 Å². The Hall–Kier alpha value is -1.70. The van der Waals surface area contributed by atoms with Crippen molar-refractivity contribution in [2.24, 2.45) is 22.9 Å². The highest BCUT2D eigenvalue weighted by atomic mass is 32.2. The summed E-state index contributed by atoms with van der Waals surface area (Å²) in [6, 6.07) is -0.434. The second-order valence-electron chi connectivity index (χ2n) is 7.59. The molecule has 8 heteroatoms. The van der Waals surface area contributed by atoms with Gasteiger partial charge in [0.1, 0.15) is 5.71 Å². The zero-order chi connectivity index (χ0) is 17.6. The van der Waals surface area contributed by atoms with E-state index in [2.05, 4.69) is 22.6 Å². The van der Waals surface area contributed by atoms with Gasteiger partial charge in [0, 0.05) is 19.4 Å². The lowest BCUT2D eigenvalue weighted by Crippen LogP contribution is -2.44. The predicted molar refractivity (Wildman–Crippen MR) is 92.4 cm³/mol. The summed E-state index contributed by atoms with van der Waals surface area (Å²) < 4.78 is 23.3. The van der Waals surface area contributed by atoms with Crippen molar-refractivity contribution in [3.63, 3.8) is 0 Å². The van der Waals surface area contributed by atoms with E-state index < -0.39 is 15.9 Å². The summed E-state index contributed by atoms with van der Waals surface area (Å²) in [6.07, 6.45) is 7.76. The number of hydrogen-bond donors (Lipinski definition) is 1. The van der Waals surface area contributed by atoms with E-state index in [1.807, 2.05) is 0 Å². The van der Waals surface area contributed by atoms with Gasteiger partial charge in [-0.2, -0.15) is 5.10 Å². The molecule has 2 heterocycles. The molecule has 0 aromatic rings. The monoisotopic (exact) mass is 365 g/mol. The summed E-state index contributed by atoms with van der Waals surface area (Å²) in [5, 5.41) is 8.41. The quantitative estimate of drug-likeness (QED) is 0.733. The molecular weight excluding hydrogens is 342 g/mol. The average molecular weight is 365 g/mol. The van der Waals surface area contributed by atoms with Crippen LogP contribution < -0.4 is 5.32 Å². The summed E-state index contributed by atoms with van der Waals surface area (Å²) in [5.41, 5.74) is 0.336. The first-order chi connectivity index (χ1) is 11.9. The number of hydrogen-bond acceptors (Lipinski definition) is 5. The van der Waals surface area contributed by atoms with Crippen LogP contribution in [0.1, 0.15) is 32.1 Å². The number of allylic oxidation sites excluding steroid dienone is 2. The predicted octanol–water partition coefficient (Wildman–Crippen LogP) is 0.480. The molecule has 2 bridgehead atoms. The van der Waals surface area contributed by atoms with Crippen molar-refractivity contribution in [2.45, 2.75) is 38.1 Å². The van der Waals surface area contributed by atoms with Crippen LogP contribution in [0.5, 0.6) is 0 Å². The van der Waals surface area contributed by atoms with Gasteiger partial charge in [0.2, 0.25) is 5.91 Å². The molecular formula is C17H23N3O4S. The number of fused-ring (bicyclic) bond motifs is 2. The normalized spacial score (nSPS) is 35.9. The molecule has 1 saturated carbocycles. The van der Waals surface area contributed by atoms with E-state index in [0.29, 0.717) is 42.9 Å². The molecule has 2 aliphatic heterocycles. The number of carbonyl (C=O) groups is 2. The minimum Gasteiger partial charge on any atom is -0.351 e. The lowest BCUT2D eigenvalue weighted by atomic mass is 9.93. The zero-order valence-electron chi connectivity index (χ0n) is 14.1. The van der Waals surface area contributed by atoms with Crippen LogP contribution in [0, 0.1) is 17.8 Å². The van der Waals surface area contributed by atoms with Gasteiger partial charge in [0.05, 0.1) is 17.5 Å². The molecule has 1 N–H and O–H groups in total. The fraction of sp³-hybridized carbons (Fsp3) is 0.706. The van der Waals surface area contributed by atoms with Crippen LogP contribution in [0.3, 0.4) is 0 Å². The van der Waals surface area contributed by atoms with Gasteiger partial charge in [-0.05, 0) is 37.0 Å². The van der Waals surface area contributed by atoms with Gasteiger partial charge >= 0.3 is 0 Å². The largest absolute Gasteiger partial charge is 0.351 e. The summed E-state index contributed by atoms with van der Waals surface area (Å²) in [7, 11) is -3.10. The highest BCUT2D eigenvalue weighted by Crippen LogP contribution is 2.42. The van der Waals surface area contributed by atoms with Crippen LogP contribution in [-0.4, -0.2) is 55.0 Å². The molecule has 0 spiro atoms. The van der Waals surface area contributed by atoms with Gasteiger partial charge in [0.25, 0.3) is 5.91 Å². The van der Waals surface area contributed by atoms with E-state index in [1.165, 1.54) is 11.4 Å². The van der Waals surface area contributed by atoms with Crippen molar-refractivity contribution in [3.8, 4) is 0 Å². The standard InChI is InChI=1S/C17H23N3O4S/c21-16-4-3-15(19-20(16)14-5-6-25(23,24)10-14)17(22)18-9-13-8-11-1-2-12(13)7-11/h1-2,11-14H,3-10H2,(H,18,22)/t11-,12-,13+,14-/m1/s1. The maximum Gasteiger partial charge on any atom is 0.267 e. The van der Waals surface area contributed by atoms with Gasteiger partial charge in [0.15, 0.2) is 9.84 Å². The molecule has 2 fully saturated rings. The Kier molecular flexibility index (Phi) is 4.17. The van der Waals surface area contributed by atoms with E-state index in [9.17, 15) is 18.0 Å². The third-order valence-corrected chi connectivity index (χ3v) is 7.57. The van der Waals surface area contributed by atoms with Crippen LogP contribution in [0.15, 0.2) is 17.3 Å².